The number of aryl methyl sites for hydroxylation is 2. The standard InChI is InChI=1S/C17H22N4/c1-3-4-5-6-7-12-21-17(16(13-18)19-20-21)15-10-8-14(2)9-11-15/h8-11H,3-7,12H2,1-2H3. The molecule has 0 N–H and O–H groups in total. The summed E-state index contributed by atoms with van der Waals surface area (Å²) in [5.74, 6) is 0. The third kappa shape index (κ3) is 3.91. The number of rotatable bonds is 7. The van der Waals surface area contributed by atoms with Gasteiger partial charge in [-0.3, -0.25) is 0 Å². The van der Waals surface area contributed by atoms with Crippen molar-refractivity contribution in [1.29, 1.82) is 5.26 Å². The van der Waals surface area contributed by atoms with Crippen LogP contribution in [0.25, 0.3) is 11.3 Å². The average Bonchev–Trinajstić information content (AvgIpc) is 2.91. The molecule has 0 aliphatic rings. The van der Waals surface area contributed by atoms with Crippen LogP contribution in [-0.2, 0) is 6.54 Å². The van der Waals surface area contributed by atoms with Crippen LogP contribution in [0.1, 0.15) is 50.3 Å². The molecule has 0 aliphatic carbocycles. The number of unbranched alkanes of at least 4 members (excludes halogenated alkanes) is 4. The summed E-state index contributed by atoms with van der Waals surface area (Å²) in [6.45, 7) is 5.09. The van der Waals surface area contributed by atoms with Crippen LogP contribution in [0.2, 0.25) is 0 Å². The van der Waals surface area contributed by atoms with E-state index >= 15 is 0 Å². The summed E-state index contributed by atoms with van der Waals surface area (Å²) in [6.07, 6.45) is 6.06. The zero-order valence-corrected chi connectivity index (χ0v) is 12.8. The van der Waals surface area contributed by atoms with E-state index in [1.54, 1.807) is 0 Å². The molecule has 0 saturated heterocycles. The second-order valence-corrected chi connectivity index (χ2v) is 5.40. The Kier molecular flexibility index (Phi) is 5.51. The fraction of sp³-hybridized carbons (Fsp3) is 0.471. The molecule has 2 rings (SSSR count). The Labute approximate surface area is 126 Å². The van der Waals surface area contributed by atoms with E-state index < -0.39 is 0 Å². The van der Waals surface area contributed by atoms with Crippen molar-refractivity contribution >= 4 is 0 Å². The van der Waals surface area contributed by atoms with Crippen molar-refractivity contribution in [2.24, 2.45) is 0 Å². The fourth-order valence-electron chi connectivity index (χ4n) is 2.41. The van der Waals surface area contributed by atoms with Crippen molar-refractivity contribution in [3.05, 3.63) is 35.5 Å². The Bertz CT molecular complexity index is 605. The molecule has 0 saturated carbocycles. The molecule has 0 aliphatic heterocycles. The van der Waals surface area contributed by atoms with Gasteiger partial charge in [0.25, 0.3) is 0 Å². The van der Waals surface area contributed by atoms with Gasteiger partial charge in [0, 0.05) is 12.1 Å². The minimum atomic E-state index is 0.410. The lowest BCUT2D eigenvalue weighted by Gasteiger charge is -2.07. The van der Waals surface area contributed by atoms with E-state index in [-0.39, 0.29) is 0 Å². The topological polar surface area (TPSA) is 54.5 Å². The molecule has 0 amide bonds. The minimum Gasteiger partial charge on any atom is -0.243 e. The fourth-order valence-corrected chi connectivity index (χ4v) is 2.41. The van der Waals surface area contributed by atoms with Crippen molar-refractivity contribution in [3.8, 4) is 17.3 Å². The number of nitrogens with zero attached hydrogens (tertiary/aromatic N) is 4. The first-order valence-electron chi connectivity index (χ1n) is 7.67. The van der Waals surface area contributed by atoms with Crippen molar-refractivity contribution in [3.63, 3.8) is 0 Å². The van der Waals surface area contributed by atoms with Gasteiger partial charge in [-0.2, -0.15) is 5.26 Å². The highest BCUT2D eigenvalue weighted by molar-refractivity contribution is 5.65. The van der Waals surface area contributed by atoms with Gasteiger partial charge in [0.15, 0.2) is 5.69 Å². The van der Waals surface area contributed by atoms with Crippen LogP contribution in [0, 0.1) is 18.3 Å². The lowest BCUT2D eigenvalue weighted by Crippen LogP contribution is -2.03. The maximum atomic E-state index is 9.22. The first-order valence-corrected chi connectivity index (χ1v) is 7.67. The van der Waals surface area contributed by atoms with E-state index in [1.165, 1.54) is 31.2 Å². The van der Waals surface area contributed by atoms with E-state index in [4.69, 9.17) is 0 Å². The normalized spacial score (nSPS) is 10.5. The quantitative estimate of drug-likeness (QED) is 0.718. The van der Waals surface area contributed by atoms with Crippen molar-refractivity contribution in [2.45, 2.75) is 52.5 Å². The first-order chi connectivity index (χ1) is 10.3. The predicted octanol–water partition coefficient (Wildman–Crippen LogP) is 4.10. The Morgan fingerprint density at radius 2 is 1.81 bits per heavy atom. The Morgan fingerprint density at radius 3 is 2.48 bits per heavy atom. The van der Waals surface area contributed by atoms with Gasteiger partial charge >= 0.3 is 0 Å². The largest absolute Gasteiger partial charge is 0.243 e. The molecule has 110 valence electrons. The summed E-state index contributed by atoms with van der Waals surface area (Å²) in [5, 5.41) is 17.4. The van der Waals surface area contributed by atoms with Crippen LogP contribution in [0.4, 0.5) is 0 Å². The Balaban J connectivity index is 2.14. The number of nitriles is 1. The molecule has 0 spiro atoms. The van der Waals surface area contributed by atoms with Crippen LogP contribution >= 0.6 is 0 Å². The maximum absolute atomic E-state index is 9.22. The monoisotopic (exact) mass is 282 g/mol. The van der Waals surface area contributed by atoms with E-state index in [0.29, 0.717) is 5.69 Å². The molecule has 4 heteroatoms. The van der Waals surface area contributed by atoms with Crippen molar-refractivity contribution in [2.75, 3.05) is 0 Å². The van der Waals surface area contributed by atoms with Crippen molar-refractivity contribution < 1.29 is 0 Å². The summed E-state index contributed by atoms with van der Waals surface area (Å²) >= 11 is 0. The molecule has 0 bridgehead atoms. The van der Waals surface area contributed by atoms with Gasteiger partial charge in [-0.1, -0.05) is 67.6 Å². The van der Waals surface area contributed by atoms with Crippen LogP contribution < -0.4 is 0 Å². The lowest BCUT2D eigenvalue weighted by atomic mass is 10.1. The number of benzene rings is 1. The lowest BCUT2D eigenvalue weighted by molar-refractivity contribution is 0.524. The van der Waals surface area contributed by atoms with Gasteiger partial charge in [-0.25, -0.2) is 4.68 Å². The van der Waals surface area contributed by atoms with Gasteiger partial charge in [-0.15, -0.1) is 5.10 Å². The van der Waals surface area contributed by atoms with E-state index in [2.05, 4.69) is 42.4 Å². The second kappa shape index (κ2) is 7.58. The third-order valence-electron chi connectivity index (χ3n) is 3.64. The summed E-state index contributed by atoms with van der Waals surface area (Å²) in [5.41, 5.74) is 3.46. The zero-order chi connectivity index (χ0) is 15.1. The molecule has 0 unspecified atom stereocenters. The molecule has 0 atom stereocenters. The summed E-state index contributed by atoms with van der Waals surface area (Å²) in [7, 11) is 0. The van der Waals surface area contributed by atoms with Crippen LogP contribution in [0.3, 0.4) is 0 Å². The predicted molar refractivity (Wildman–Crippen MR) is 83.7 cm³/mol. The highest BCUT2D eigenvalue weighted by Crippen LogP contribution is 2.22. The van der Waals surface area contributed by atoms with Gasteiger partial charge in [0.05, 0.1) is 0 Å². The molecule has 1 aromatic carbocycles. The van der Waals surface area contributed by atoms with E-state index in [9.17, 15) is 5.26 Å². The smallest absolute Gasteiger partial charge is 0.190 e. The Hall–Kier alpha value is -2.15. The van der Waals surface area contributed by atoms with Gasteiger partial charge in [0.1, 0.15) is 11.8 Å². The molecule has 0 radical (unpaired) electrons. The summed E-state index contributed by atoms with van der Waals surface area (Å²) in [4.78, 5) is 0. The molecule has 1 heterocycles. The van der Waals surface area contributed by atoms with Crippen LogP contribution in [0.5, 0.6) is 0 Å². The SMILES string of the molecule is CCCCCCCn1nnc(C#N)c1-c1ccc(C)cc1. The first kappa shape index (κ1) is 15.2. The minimum absolute atomic E-state index is 0.410. The van der Waals surface area contributed by atoms with Gasteiger partial charge in [0.2, 0.25) is 0 Å². The zero-order valence-electron chi connectivity index (χ0n) is 12.8. The number of hydrogen-bond acceptors (Lipinski definition) is 3. The van der Waals surface area contributed by atoms with Gasteiger partial charge in [-0.05, 0) is 13.3 Å². The average molecular weight is 282 g/mol. The number of aromatic nitrogens is 3. The van der Waals surface area contributed by atoms with E-state index in [1.807, 2.05) is 16.8 Å². The molecule has 0 fully saturated rings. The third-order valence-corrected chi connectivity index (χ3v) is 3.64. The molecular weight excluding hydrogens is 260 g/mol. The van der Waals surface area contributed by atoms with E-state index in [0.717, 1.165) is 24.2 Å². The van der Waals surface area contributed by atoms with Crippen LogP contribution in [0.15, 0.2) is 24.3 Å². The highest BCUT2D eigenvalue weighted by Gasteiger charge is 2.14. The molecule has 1 aromatic heterocycles. The summed E-state index contributed by atoms with van der Waals surface area (Å²) in [6, 6.07) is 10.3. The molecule has 2 aromatic rings. The highest BCUT2D eigenvalue weighted by atomic mass is 15.4. The maximum Gasteiger partial charge on any atom is 0.190 e. The molecular formula is C17H22N4. The summed E-state index contributed by atoms with van der Waals surface area (Å²) < 4.78 is 1.87. The number of hydrogen-bond donors (Lipinski definition) is 0. The van der Waals surface area contributed by atoms with Gasteiger partial charge < -0.3 is 0 Å². The molecule has 4 nitrogen and oxygen atoms in total. The van der Waals surface area contributed by atoms with Crippen molar-refractivity contribution in [1.82, 2.24) is 15.0 Å². The second-order valence-electron chi connectivity index (χ2n) is 5.40. The molecule has 21 heavy (non-hydrogen) atoms. The van der Waals surface area contributed by atoms with Crippen LogP contribution in [-0.4, -0.2) is 15.0 Å². The Morgan fingerprint density at radius 1 is 1.10 bits per heavy atom.